The average Bonchev–Trinajstić information content (AvgIpc) is 3.12. The average molecular weight is 502 g/mol. The summed E-state index contributed by atoms with van der Waals surface area (Å²) in [4.78, 5) is 26.9. The summed E-state index contributed by atoms with van der Waals surface area (Å²) in [7, 11) is 0. The maximum Gasteiger partial charge on any atom is 0.281 e. The van der Waals surface area contributed by atoms with Gasteiger partial charge in [0.2, 0.25) is 0 Å². The Bertz CT molecular complexity index is 1330. The van der Waals surface area contributed by atoms with Gasteiger partial charge in [-0.25, -0.2) is 0 Å². The van der Waals surface area contributed by atoms with E-state index in [1.165, 1.54) is 4.90 Å². The predicted molar refractivity (Wildman–Crippen MR) is 145 cm³/mol. The second-order valence-electron chi connectivity index (χ2n) is 8.31. The minimum atomic E-state index is -0.280. The highest BCUT2D eigenvalue weighted by Crippen LogP contribution is 2.30. The third-order valence-corrected chi connectivity index (χ3v) is 5.70. The summed E-state index contributed by atoms with van der Waals surface area (Å²) in [6.07, 6.45) is 1.71. The lowest BCUT2D eigenvalue weighted by atomic mass is 10.1. The monoisotopic (exact) mass is 501 g/mol. The van der Waals surface area contributed by atoms with Crippen molar-refractivity contribution in [1.29, 1.82) is 0 Å². The van der Waals surface area contributed by atoms with E-state index in [9.17, 15) is 9.59 Å². The molecule has 0 atom stereocenters. The Morgan fingerprint density at radius 3 is 2.50 bits per heavy atom. The minimum Gasteiger partial charge on any atom is -0.490 e. The minimum absolute atomic E-state index is 0.172. The number of carbonyl (C=O) groups is 2. The first kappa shape index (κ1) is 24.9. The Balaban J connectivity index is 1.47. The zero-order chi connectivity index (χ0) is 25.7. The number of thiocarbonyl (C=S) groups is 1. The van der Waals surface area contributed by atoms with Gasteiger partial charge in [-0.05, 0) is 86.6 Å². The molecule has 1 heterocycles. The first-order valence-corrected chi connectivity index (χ1v) is 11.9. The lowest BCUT2D eigenvalue weighted by Gasteiger charge is -2.14. The molecule has 2 N–H and O–H groups in total. The van der Waals surface area contributed by atoms with Crippen LogP contribution in [-0.4, -0.2) is 30.1 Å². The highest BCUT2D eigenvalue weighted by molar-refractivity contribution is 7.80. The van der Waals surface area contributed by atoms with E-state index in [-0.39, 0.29) is 18.4 Å². The highest BCUT2D eigenvalue weighted by Gasteiger charge is 2.32. The standard InChI is InChI=1S/C28H27N3O4S/c1-4-34-25-16-20(10-13-24(25)35-17-26(32)29-21-11-8-18(2)9-12-21)15-23-27(33)31(28(36)30-23)22-7-5-6-19(3)14-22/h5-16H,4,17H2,1-3H3,(H,29,32)(H,30,36)/b23-15+. The van der Waals surface area contributed by atoms with E-state index < -0.39 is 0 Å². The molecule has 1 fully saturated rings. The van der Waals surface area contributed by atoms with Gasteiger partial charge in [0.05, 0.1) is 12.3 Å². The molecule has 8 heteroatoms. The summed E-state index contributed by atoms with van der Waals surface area (Å²) >= 11 is 5.41. The number of anilines is 2. The molecule has 7 nitrogen and oxygen atoms in total. The molecule has 36 heavy (non-hydrogen) atoms. The molecule has 4 rings (SSSR count). The first-order valence-electron chi connectivity index (χ1n) is 11.5. The number of carbonyl (C=O) groups excluding carboxylic acids is 2. The largest absolute Gasteiger partial charge is 0.490 e. The summed E-state index contributed by atoms with van der Waals surface area (Å²) in [6, 6.07) is 20.4. The molecule has 0 saturated carbocycles. The van der Waals surface area contributed by atoms with Gasteiger partial charge in [0.15, 0.2) is 23.2 Å². The fraction of sp³-hybridized carbons (Fsp3) is 0.179. The molecule has 3 aromatic rings. The van der Waals surface area contributed by atoms with E-state index in [1.54, 1.807) is 24.3 Å². The molecule has 2 amide bonds. The normalized spacial score (nSPS) is 14.1. The van der Waals surface area contributed by atoms with Crippen LogP contribution >= 0.6 is 12.2 Å². The Labute approximate surface area is 215 Å². The van der Waals surface area contributed by atoms with E-state index in [1.807, 2.05) is 69.3 Å². The zero-order valence-corrected chi connectivity index (χ0v) is 21.1. The number of hydrogen-bond acceptors (Lipinski definition) is 5. The molecule has 0 aliphatic carbocycles. The van der Waals surface area contributed by atoms with Crippen LogP contribution in [0.1, 0.15) is 23.6 Å². The summed E-state index contributed by atoms with van der Waals surface area (Å²) in [6.45, 7) is 6.04. The number of hydrogen-bond donors (Lipinski definition) is 2. The Morgan fingerprint density at radius 1 is 1.00 bits per heavy atom. The molecule has 184 valence electrons. The molecule has 3 aromatic carbocycles. The molecule has 1 aliphatic heterocycles. The summed E-state index contributed by atoms with van der Waals surface area (Å²) in [5.74, 6) is 0.383. The van der Waals surface area contributed by atoms with Crippen LogP contribution in [-0.2, 0) is 9.59 Å². The summed E-state index contributed by atoms with van der Waals surface area (Å²) in [5, 5.41) is 6.12. The van der Waals surface area contributed by atoms with Crippen molar-refractivity contribution in [2.45, 2.75) is 20.8 Å². The van der Waals surface area contributed by atoms with Crippen molar-refractivity contribution in [3.8, 4) is 11.5 Å². The predicted octanol–water partition coefficient (Wildman–Crippen LogP) is 4.98. The number of amides is 2. The number of nitrogens with zero attached hydrogens (tertiary/aromatic N) is 1. The van der Waals surface area contributed by atoms with Crippen LogP contribution in [0.5, 0.6) is 11.5 Å². The number of aryl methyl sites for hydroxylation is 2. The zero-order valence-electron chi connectivity index (χ0n) is 20.3. The number of rotatable bonds is 8. The molecule has 0 spiro atoms. The van der Waals surface area contributed by atoms with Gasteiger partial charge in [-0.2, -0.15) is 0 Å². The third kappa shape index (κ3) is 5.90. The van der Waals surface area contributed by atoms with Crippen LogP contribution in [0, 0.1) is 13.8 Å². The van der Waals surface area contributed by atoms with Crippen molar-refractivity contribution in [2.24, 2.45) is 0 Å². The number of nitrogens with one attached hydrogen (secondary N) is 2. The van der Waals surface area contributed by atoms with Crippen LogP contribution < -0.4 is 25.0 Å². The summed E-state index contributed by atoms with van der Waals surface area (Å²) < 4.78 is 11.5. The van der Waals surface area contributed by atoms with E-state index in [0.29, 0.717) is 40.3 Å². The number of ether oxygens (including phenoxy) is 2. The molecule has 0 aromatic heterocycles. The second-order valence-corrected chi connectivity index (χ2v) is 8.70. The van der Waals surface area contributed by atoms with Crippen molar-refractivity contribution in [3.63, 3.8) is 0 Å². The molecular weight excluding hydrogens is 474 g/mol. The third-order valence-electron chi connectivity index (χ3n) is 5.41. The molecular formula is C28H27N3O4S. The first-order chi connectivity index (χ1) is 17.3. The lowest BCUT2D eigenvalue weighted by Crippen LogP contribution is -2.30. The van der Waals surface area contributed by atoms with Crippen molar-refractivity contribution in [1.82, 2.24) is 5.32 Å². The van der Waals surface area contributed by atoms with E-state index >= 15 is 0 Å². The van der Waals surface area contributed by atoms with Gasteiger partial charge in [-0.15, -0.1) is 0 Å². The van der Waals surface area contributed by atoms with Crippen molar-refractivity contribution < 1.29 is 19.1 Å². The van der Waals surface area contributed by atoms with E-state index in [4.69, 9.17) is 21.7 Å². The van der Waals surface area contributed by atoms with Gasteiger partial charge in [-0.1, -0.05) is 35.9 Å². The van der Waals surface area contributed by atoms with E-state index in [2.05, 4.69) is 10.6 Å². The Hall–Kier alpha value is -4.17. The molecule has 0 radical (unpaired) electrons. The van der Waals surface area contributed by atoms with Crippen molar-refractivity contribution in [3.05, 3.63) is 89.1 Å². The van der Waals surface area contributed by atoms with Gasteiger partial charge in [0.25, 0.3) is 11.8 Å². The van der Waals surface area contributed by atoms with Gasteiger partial charge >= 0.3 is 0 Å². The summed E-state index contributed by atoms with van der Waals surface area (Å²) in [5.41, 5.74) is 4.63. The van der Waals surface area contributed by atoms with Gasteiger partial charge < -0.3 is 20.1 Å². The fourth-order valence-electron chi connectivity index (χ4n) is 3.68. The van der Waals surface area contributed by atoms with Crippen molar-refractivity contribution >= 4 is 46.6 Å². The van der Waals surface area contributed by atoms with E-state index in [0.717, 1.165) is 16.7 Å². The van der Waals surface area contributed by atoms with Gasteiger partial charge in [0, 0.05) is 5.69 Å². The van der Waals surface area contributed by atoms with Crippen LogP contribution in [0.2, 0.25) is 0 Å². The maximum atomic E-state index is 13.1. The van der Waals surface area contributed by atoms with Crippen LogP contribution in [0.15, 0.2) is 72.4 Å². The maximum absolute atomic E-state index is 13.1. The van der Waals surface area contributed by atoms with Crippen molar-refractivity contribution in [2.75, 3.05) is 23.4 Å². The molecule has 1 aliphatic rings. The van der Waals surface area contributed by atoms with Crippen LogP contribution in [0.25, 0.3) is 6.08 Å². The smallest absolute Gasteiger partial charge is 0.281 e. The second kappa shape index (κ2) is 11.0. The molecule has 1 saturated heterocycles. The highest BCUT2D eigenvalue weighted by atomic mass is 32.1. The molecule has 0 unspecified atom stereocenters. The van der Waals surface area contributed by atoms with Gasteiger partial charge in [0.1, 0.15) is 5.70 Å². The lowest BCUT2D eigenvalue weighted by molar-refractivity contribution is -0.118. The quantitative estimate of drug-likeness (QED) is 0.335. The SMILES string of the molecule is CCOc1cc(/C=C2/NC(=S)N(c3cccc(C)c3)C2=O)ccc1OCC(=O)Nc1ccc(C)cc1. The fourth-order valence-corrected chi connectivity index (χ4v) is 3.98. The molecule has 0 bridgehead atoms. The Kier molecular flexibility index (Phi) is 7.65. The topological polar surface area (TPSA) is 79.9 Å². The Morgan fingerprint density at radius 2 is 1.78 bits per heavy atom. The number of benzene rings is 3. The van der Waals surface area contributed by atoms with Crippen LogP contribution in [0.3, 0.4) is 0 Å². The van der Waals surface area contributed by atoms with Crippen LogP contribution in [0.4, 0.5) is 11.4 Å². The van der Waals surface area contributed by atoms with Gasteiger partial charge in [-0.3, -0.25) is 14.5 Å².